The molecule has 0 unspecified atom stereocenters. The van der Waals surface area contributed by atoms with Gasteiger partial charge in [-0.25, -0.2) is 4.98 Å². The van der Waals surface area contributed by atoms with E-state index in [4.69, 9.17) is 9.16 Å². The monoisotopic (exact) mass is 337 g/mol. The average Bonchev–Trinajstić information content (AvgIpc) is 2.49. The highest BCUT2D eigenvalue weighted by molar-refractivity contribution is 6.74. The van der Waals surface area contributed by atoms with Gasteiger partial charge in [0.1, 0.15) is 11.4 Å². The van der Waals surface area contributed by atoms with Gasteiger partial charge in [-0.05, 0) is 43.1 Å². The number of rotatable bonds is 9. The molecule has 0 fully saturated rings. The molecule has 1 heterocycles. The molecule has 0 amide bonds. The first kappa shape index (κ1) is 19.8. The summed E-state index contributed by atoms with van der Waals surface area (Å²) in [6, 6.07) is 3.53. The minimum absolute atomic E-state index is 0.0549. The van der Waals surface area contributed by atoms with Crippen LogP contribution in [0.3, 0.4) is 0 Å². The van der Waals surface area contributed by atoms with E-state index in [0.29, 0.717) is 24.5 Å². The highest BCUT2D eigenvalue weighted by Gasteiger charge is 2.36. The fourth-order valence-electron chi connectivity index (χ4n) is 1.75. The zero-order chi connectivity index (χ0) is 17.5. The standard InChI is InChI=1S/C18H31NO3Si/c1-7-17(20)16-11-10-15(14-19-16)21-12-8-9-13-22-23(5,6)18(2,3)4/h10-11,14H,7-9,12-13H2,1-6H3. The lowest BCUT2D eigenvalue weighted by Crippen LogP contribution is -2.41. The van der Waals surface area contributed by atoms with Crippen LogP contribution >= 0.6 is 0 Å². The number of aromatic nitrogens is 1. The molecular weight excluding hydrogens is 306 g/mol. The average molecular weight is 338 g/mol. The van der Waals surface area contributed by atoms with E-state index < -0.39 is 8.32 Å². The Kier molecular flexibility index (Phi) is 7.41. The van der Waals surface area contributed by atoms with Crippen molar-refractivity contribution in [1.29, 1.82) is 0 Å². The second-order valence-electron chi connectivity index (χ2n) is 7.32. The first-order valence-corrected chi connectivity index (χ1v) is 11.3. The van der Waals surface area contributed by atoms with Crippen LogP contribution in [0.1, 0.15) is 57.4 Å². The Morgan fingerprint density at radius 1 is 1.17 bits per heavy atom. The molecule has 4 nitrogen and oxygen atoms in total. The van der Waals surface area contributed by atoms with Crippen molar-refractivity contribution in [3.8, 4) is 5.75 Å². The van der Waals surface area contributed by atoms with Gasteiger partial charge in [-0.3, -0.25) is 4.79 Å². The van der Waals surface area contributed by atoms with Crippen LogP contribution in [-0.4, -0.2) is 32.3 Å². The lowest BCUT2D eigenvalue weighted by atomic mass is 10.2. The van der Waals surface area contributed by atoms with Crippen molar-refractivity contribution < 1.29 is 14.0 Å². The van der Waals surface area contributed by atoms with E-state index in [1.807, 2.05) is 13.0 Å². The first-order valence-electron chi connectivity index (χ1n) is 8.43. The summed E-state index contributed by atoms with van der Waals surface area (Å²) in [5, 5.41) is 0.257. The highest BCUT2D eigenvalue weighted by atomic mass is 28.4. The topological polar surface area (TPSA) is 48.4 Å². The predicted molar refractivity (Wildman–Crippen MR) is 96.7 cm³/mol. The maximum absolute atomic E-state index is 11.5. The summed E-state index contributed by atoms with van der Waals surface area (Å²) in [4.78, 5) is 15.6. The van der Waals surface area contributed by atoms with Crippen LogP contribution in [0.25, 0.3) is 0 Å². The van der Waals surface area contributed by atoms with Crippen molar-refractivity contribution in [3.63, 3.8) is 0 Å². The zero-order valence-corrected chi connectivity index (χ0v) is 16.4. The Morgan fingerprint density at radius 2 is 1.83 bits per heavy atom. The Morgan fingerprint density at radius 3 is 2.35 bits per heavy atom. The molecule has 0 aliphatic carbocycles. The van der Waals surface area contributed by atoms with Gasteiger partial charge < -0.3 is 9.16 Å². The molecule has 0 radical (unpaired) electrons. The molecule has 1 rings (SSSR count). The lowest BCUT2D eigenvalue weighted by Gasteiger charge is -2.36. The maximum atomic E-state index is 11.5. The molecule has 0 saturated heterocycles. The van der Waals surface area contributed by atoms with E-state index in [9.17, 15) is 4.79 Å². The summed E-state index contributed by atoms with van der Waals surface area (Å²) in [6.45, 7) is 14.6. The number of ether oxygens (including phenoxy) is 1. The van der Waals surface area contributed by atoms with Crippen LogP contribution in [0.15, 0.2) is 18.3 Å². The third-order valence-electron chi connectivity index (χ3n) is 4.42. The molecule has 0 atom stereocenters. The van der Waals surface area contributed by atoms with Crippen LogP contribution in [-0.2, 0) is 4.43 Å². The third-order valence-corrected chi connectivity index (χ3v) is 8.96. The van der Waals surface area contributed by atoms with Crippen LogP contribution in [0.2, 0.25) is 18.1 Å². The van der Waals surface area contributed by atoms with Gasteiger partial charge in [0.2, 0.25) is 0 Å². The van der Waals surface area contributed by atoms with Crippen molar-refractivity contribution in [3.05, 3.63) is 24.0 Å². The van der Waals surface area contributed by atoms with Gasteiger partial charge in [0.25, 0.3) is 0 Å². The quantitative estimate of drug-likeness (QED) is 0.367. The highest BCUT2D eigenvalue weighted by Crippen LogP contribution is 2.36. The van der Waals surface area contributed by atoms with Crippen LogP contribution < -0.4 is 4.74 Å². The largest absolute Gasteiger partial charge is 0.492 e. The maximum Gasteiger partial charge on any atom is 0.191 e. The lowest BCUT2D eigenvalue weighted by molar-refractivity contribution is 0.0983. The zero-order valence-electron chi connectivity index (χ0n) is 15.4. The van der Waals surface area contributed by atoms with Gasteiger partial charge in [-0.2, -0.15) is 0 Å². The summed E-state index contributed by atoms with van der Waals surface area (Å²) in [6.07, 6.45) is 4.03. The van der Waals surface area contributed by atoms with Gasteiger partial charge >= 0.3 is 0 Å². The Balaban J connectivity index is 2.24. The van der Waals surface area contributed by atoms with Gasteiger partial charge in [0.15, 0.2) is 14.1 Å². The minimum Gasteiger partial charge on any atom is -0.492 e. The van der Waals surface area contributed by atoms with Gasteiger partial charge in [0, 0.05) is 13.0 Å². The van der Waals surface area contributed by atoms with Crippen LogP contribution in [0.4, 0.5) is 0 Å². The number of carbonyl (C=O) groups is 1. The summed E-state index contributed by atoms with van der Waals surface area (Å²) < 4.78 is 11.8. The van der Waals surface area contributed by atoms with Crippen molar-refractivity contribution in [1.82, 2.24) is 4.98 Å². The molecule has 0 aliphatic rings. The van der Waals surface area contributed by atoms with Crippen molar-refractivity contribution >= 4 is 14.1 Å². The molecule has 23 heavy (non-hydrogen) atoms. The smallest absolute Gasteiger partial charge is 0.191 e. The molecule has 0 spiro atoms. The fourth-order valence-corrected chi connectivity index (χ4v) is 2.84. The predicted octanol–water partition coefficient (Wildman–Crippen LogP) is 4.86. The number of hydrogen-bond acceptors (Lipinski definition) is 4. The van der Waals surface area contributed by atoms with E-state index >= 15 is 0 Å². The van der Waals surface area contributed by atoms with Gasteiger partial charge in [-0.1, -0.05) is 27.7 Å². The summed E-state index contributed by atoms with van der Waals surface area (Å²) in [5.74, 6) is 0.766. The second kappa shape index (κ2) is 8.59. The summed E-state index contributed by atoms with van der Waals surface area (Å²) in [5.41, 5.74) is 0.502. The number of Topliss-reactive ketones (excluding diaryl/α,β-unsaturated/α-hetero) is 1. The van der Waals surface area contributed by atoms with Crippen LogP contribution in [0.5, 0.6) is 5.75 Å². The van der Waals surface area contributed by atoms with E-state index in [1.54, 1.807) is 12.3 Å². The van der Waals surface area contributed by atoms with Gasteiger partial charge in [-0.15, -0.1) is 0 Å². The Hall–Kier alpha value is -1.20. The minimum atomic E-state index is -1.63. The van der Waals surface area contributed by atoms with E-state index in [0.717, 1.165) is 19.4 Å². The van der Waals surface area contributed by atoms with Crippen molar-refractivity contribution in [2.24, 2.45) is 0 Å². The van der Waals surface area contributed by atoms with E-state index in [1.165, 1.54) is 0 Å². The second-order valence-corrected chi connectivity index (χ2v) is 12.1. The molecule has 0 aromatic carbocycles. The number of pyridine rings is 1. The third kappa shape index (κ3) is 6.43. The molecule has 0 bridgehead atoms. The normalized spacial score (nSPS) is 12.3. The Labute approximate surface area is 141 Å². The van der Waals surface area contributed by atoms with E-state index in [2.05, 4.69) is 38.8 Å². The molecule has 5 heteroatoms. The van der Waals surface area contributed by atoms with Crippen molar-refractivity contribution in [2.75, 3.05) is 13.2 Å². The molecular formula is C18H31NO3Si. The molecule has 130 valence electrons. The number of carbonyl (C=O) groups excluding carboxylic acids is 1. The first-order chi connectivity index (χ1) is 10.7. The Bertz CT molecular complexity index is 492. The number of hydrogen-bond donors (Lipinski definition) is 0. The molecule has 1 aromatic heterocycles. The van der Waals surface area contributed by atoms with Gasteiger partial charge in [0.05, 0.1) is 12.8 Å². The summed E-state index contributed by atoms with van der Waals surface area (Å²) in [7, 11) is -1.63. The SMILES string of the molecule is CCC(=O)c1ccc(OCCCCO[Si](C)(C)C(C)(C)C)cn1. The van der Waals surface area contributed by atoms with Crippen molar-refractivity contribution in [2.45, 2.75) is 65.1 Å². The summed E-state index contributed by atoms with van der Waals surface area (Å²) >= 11 is 0. The number of ketones is 1. The van der Waals surface area contributed by atoms with Crippen LogP contribution in [0, 0.1) is 0 Å². The number of unbranched alkanes of at least 4 members (excludes halogenated alkanes) is 1. The van der Waals surface area contributed by atoms with E-state index in [-0.39, 0.29) is 10.8 Å². The molecule has 0 saturated carbocycles. The fraction of sp³-hybridized carbons (Fsp3) is 0.667. The molecule has 0 N–H and O–H groups in total. The number of nitrogens with zero attached hydrogens (tertiary/aromatic N) is 1. The molecule has 0 aliphatic heterocycles. The molecule has 1 aromatic rings.